The number of esters is 1. The van der Waals surface area contributed by atoms with Gasteiger partial charge in [0, 0.05) is 7.05 Å². The van der Waals surface area contributed by atoms with E-state index >= 15 is 0 Å². The third-order valence-corrected chi connectivity index (χ3v) is 3.68. The minimum atomic E-state index is -0.605. The first kappa shape index (κ1) is 13.3. The predicted molar refractivity (Wildman–Crippen MR) is 72.5 cm³/mol. The molecule has 7 heteroatoms. The summed E-state index contributed by atoms with van der Waals surface area (Å²) in [5.74, 6) is -1.72. The fraction of sp³-hybridized carbons (Fsp3) is 0.286. The van der Waals surface area contributed by atoms with Gasteiger partial charge in [-0.2, -0.15) is 5.10 Å². The zero-order chi connectivity index (χ0) is 15.1. The molecule has 0 spiro atoms. The van der Waals surface area contributed by atoms with E-state index < -0.39 is 17.9 Å². The monoisotopic (exact) mass is 287 g/mol. The summed E-state index contributed by atoms with van der Waals surface area (Å²) in [5.41, 5.74) is 1.64. The summed E-state index contributed by atoms with van der Waals surface area (Å²) in [4.78, 5) is 35.0. The molecule has 2 aliphatic heterocycles. The highest BCUT2D eigenvalue weighted by Gasteiger charge is 2.51. The van der Waals surface area contributed by atoms with Crippen LogP contribution in [-0.4, -0.2) is 48.7 Å². The van der Waals surface area contributed by atoms with Crippen molar-refractivity contribution in [2.24, 2.45) is 11.0 Å². The van der Waals surface area contributed by atoms with Gasteiger partial charge in [-0.15, -0.1) is 0 Å². The Morgan fingerprint density at radius 2 is 1.90 bits per heavy atom. The molecule has 21 heavy (non-hydrogen) atoms. The van der Waals surface area contributed by atoms with Crippen molar-refractivity contribution in [3.63, 3.8) is 0 Å². The van der Waals surface area contributed by atoms with Crippen molar-refractivity contribution in [1.29, 1.82) is 0 Å². The maximum absolute atomic E-state index is 11.9. The van der Waals surface area contributed by atoms with Crippen molar-refractivity contribution >= 4 is 23.5 Å². The molecule has 2 aliphatic rings. The van der Waals surface area contributed by atoms with Crippen molar-refractivity contribution < 1.29 is 19.1 Å². The van der Waals surface area contributed by atoms with E-state index in [4.69, 9.17) is 0 Å². The zero-order valence-corrected chi connectivity index (χ0v) is 11.5. The van der Waals surface area contributed by atoms with Crippen LogP contribution in [0.2, 0.25) is 0 Å². The van der Waals surface area contributed by atoms with E-state index in [9.17, 15) is 14.4 Å². The van der Waals surface area contributed by atoms with Gasteiger partial charge in [-0.3, -0.25) is 19.9 Å². The van der Waals surface area contributed by atoms with Crippen LogP contribution in [0, 0.1) is 5.92 Å². The van der Waals surface area contributed by atoms with Crippen LogP contribution < -0.4 is 5.32 Å². The Labute approximate surface area is 120 Å². The number of hydrazone groups is 1. The molecule has 1 aromatic carbocycles. The van der Waals surface area contributed by atoms with E-state index in [1.807, 2.05) is 0 Å². The summed E-state index contributed by atoms with van der Waals surface area (Å²) in [6.07, 6.45) is 0. The number of methoxy groups -OCH3 is 1. The van der Waals surface area contributed by atoms with Crippen LogP contribution in [0.1, 0.15) is 15.9 Å². The molecule has 1 fully saturated rings. The van der Waals surface area contributed by atoms with Crippen LogP contribution in [0.15, 0.2) is 29.4 Å². The van der Waals surface area contributed by atoms with Gasteiger partial charge < -0.3 is 4.74 Å². The zero-order valence-electron chi connectivity index (χ0n) is 11.5. The van der Waals surface area contributed by atoms with Crippen LogP contribution >= 0.6 is 0 Å². The van der Waals surface area contributed by atoms with Crippen LogP contribution in [-0.2, 0) is 14.3 Å². The van der Waals surface area contributed by atoms with Gasteiger partial charge in [-0.1, -0.05) is 12.1 Å². The molecule has 7 nitrogen and oxygen atoms in total. The Kier molecular flexibility index (Phi) is 2.97. The summed E-state index contributed by atoms with van der Waals surface area (Å²) in [5, 5.41) is 8.10. The molecule has 0 radical (unpaired) electrons. The molecule has 0 aliphatic carbocycles. The third-order valence-electron chi connectivity index (χ3n) is 3.68. The molecule has 2 atom stereocenters. The molecule has 0 unspecified atom stereocenters. The van der Waals surface area contributed by atoms with Gasteiger partial charge in [0.1, 0.15) is 12.0 Å². The highest BCUT2D eigenvalue weighted by molar-refractivity contribution is 6.23. The Morgan fingerprint density at radius 3 is 2.52 bits per heavy atom. The number of hydrogen-bond donors (Lipinski definition) is 1. The summed E-state index contributed by atoms with van der Waals surface area (Å²) < 4.78 is 4.63. The van der Waals surface area contributed by atoms with Crippen molar-refractivity contribution in [3.05, 3.63) is 35.4 Å². The number of nitrogens with zero attached hydrogens (tertiary/aromatic N) is 2. The minimum Gasteiger partial charge on any atom is -0.465 e. The number of hydrogen-bond acceptors (Lipinski definition) is 6. The second-order valence-corrected chi connectivity index (χ2v) is 4.90. The maximum atomic E-state index is 11.9. The number of carbonyl (C=O) groups excluding carboxylic acids is 3. The van der Waals surface area contributed by atoms with Crippen molar-refractivity contribution in [2.75, 3.05) is 14.2 Å². The van der Waals surface area contributed by atoms with Crippen molar-refractivity contribution in [3.8, 4) is 0 Å². The van der Waals surface area contributed by atoms with Gasteiger partial charge in [-0.05, 0) is 17.7 Å². The average Bonchev–Trinajstić information content (AvgIpc) is 2.98. The molecule has 2 amide bonds. The minimum absolute atomic E-state index is 0.336. The molecular weight excluding hydrogens is 274 g/mol. The predicted octanol–water partition coefficient (Wildman–Crippen LogP) is -0.236. The normalized spacial score (nSPS) is 23.7. The van der Waals surface area contributed by atoms with E-state index in [1.165, 1.54) is 12.1 Å². The number of amides is 2. The number of imide groups is 1. The van der Waals surface area contributed by atoms with Crippen molar-refractivity contribution in [1.82, 2.24) is 10.3 Å². The summed E-state index contributed by atoms with van der Waals surface area (Å²) >= 11 is 0. The number of likely N-dealkylation sites (N-methyl/N-ethyl adjacent to an activating group) is 1. The second-order valence-electron chi connectivity index (χ2n) is 4.90. The van der Waals surface area contributed by atoms with Gasteiger partial charge in [0.25, 0.3) is 5.91 Å². The lowest BCUT2D eigenvalue weighted by Crippen LogP contribution is -2.35. The van der Waals surface area contributed by atoms with Gasteiger partial charge in [-0.25, -0.2) is 4.79 Å². The average molecular weight is 287 g/mol. The first-order chi connectivity index (χ1) is 10.0. The second kappa shape index (κ2) is 4.69. The first-order valence-electron chi connectivity index (χ1n) is 6.37. The molecule has 3 rings (SSSR count). The molecule has 1 aromatic rings. The lowest BCUT2D eigenvalue weighted by Gasteiger charge is -2.13. The van der Waals surface area contributed by atoms with Gasteiger partial charge >= 0.3 is 5.97 Å². The van der Waals surface area contributed by atoms with Crippen LogP contribution in [0.3, 0.4) is 0 Å². The molecule has 1 saturated heterocycles. The van der Waals surface area contributed by atoms with Gasteiger partial charge in [0.2, 0.25) is 5.91 Å². The molecule has 0 bridgehead atoms. The third kappa shape index (κ3) is 1.97. The lowest BCUT2D eigenvalue weighted by atomic mass is 9.92. The number of benzene rings is 1. The van der Waals surface area contributed by atoms with Crippen LogP contribution in [0.25, 0.3) is 0 Å². The first-order valence-corrected chi connectivity index (χ1v) is 6.37. The Morgan fingerprint density at radius 1 is 1.24 bits per heavy atom. The lowest BCUT2D eigenvalue weighted by molar-refractivity contribution is -0.126. The summed E-state index contributed by atoms with van der Waals surface area (Å²) in [7, 11) is 2.97. The number of fused-ring (bicyclic) bond motifs is 1. The fourth-order valence-corrected chi connectivity index (χ4v) is 2.65. The molecule has 0 aromatic heterocycles. The highest BCUT2D eigenvalue weighted by atomic mass is 16.5. The Hall–Kier alpha value is -2.70. The van der Waals surface area contributed by atoms with E-state index in [-0.39, 0.29) is 11.8 Å². The highest BCUT2D eigenvalue weighted by Crippen LogP contribution is 2.29. The Balaban J connectivity index is 1.94. The van der Waals surface area contributed by atoms with E-state index in [2.05, 4.69) is 15.2 Å². The Bertz CT molecular complexity index is 665. The standard InChI is InChI=1S/C14H13N3O4/c1-17-11-9(12(18)15-13(11)19)10(16-17)7-3-5-8(6-4-7)14(20)21-2/h3-6,9,11H,1-2H3,(H,15,18,19)/t9-,11-/m1/s1. The molecule has 1 N–H and O–H groups in total. The topological polar surface area (TPSA) is 88.1 Å². The SMILES string of the molecule is COC(=O)c1ccc(C2=NN(C)[C@H]3C(=O)NC(=O)[C@H]23)cc1. The molecular formula is C14H13N3O4. The van der Waals surface area contributed by atoms with E-state index in [0.717, 1.165) is 0 Å². The summed E-state index contributed by atoms with van der Waals surface area (Å²) in [6, 6.07) is 6.00. The van der Waals surface area contributed by atoms with Crippen LogP contribution in [0.4, 0.5) is 0 Å². The number of nitrogens with one attached hydrogen (secondary N) is 1. The molecule has 108 valence electrons. The van der Waals surface area contributed by atoms with E-state index in [1.54, 1.807) is 31.3 Å². The van der Waals surface area contributed by atoms with Crippen molar-refractivity contribution in [2.45, 2.75) is 6.04 Å². The van der Waals surface area contributed by atoms with E-state index in [0.29, 0.717) is 16.8 Å². The van der Waals surface area contributed by atoms with Gasteiger partial charge in [0.05, 0.1) is 18.4 Å². The van der Waals surface area contributed by atoms with Crippen LogP contribution in [0.5, 0.6) is 0 Å². The largest absolute Gasteiger partial charge is 0.465 e. The van der Waals surface area contributed by atoms with Gasteiger partial charge in [0.15, 0.2) is 0 Å². The number of carbonyl (C=O) groups is 3. The quantitative estimate of drug-likeness (QED) is 0.599. The number of rotatable bonds is 2. The molecule has 2 heterocycles. The maximum Gasteiger partial charge on any atom is 0.337 e. The smallest absolute Gasteiger partial charge is 0.337 e. The fourth-order valence-electron chi connectivity index (χ4n) is 2.65. The summed E-state index contributed by atoms with van der Waals surface area (Å²) in [6.45, 7) is 0. The molecule has 0 saturated carbocycles. The number of ether oxygens (including phenoxy) is 1.